The highest BCUT2D eigenvalue weighted by molar-refractivity contribution is 5.19. The van der Waals surface area contributed by atoms with Gasteiger partial charge in [0, 0.05) is 13.1 Å². The maximum Gasteiger partial charge on any atom is 0.106 e. The van der Waals surface area contributed by atoms with Crippen molar-refractivity contribution in [1.82, 2.24) is 4.90 Å². The number of morpholine rings is 1. The molecule has 0 aromatic heterocycles. The molecule has 0 spiro atoms. The number of hydrogen-bond donors (Lipinski definition) is 0. The van der Waals surface area contributed by atoms with E-state index in [2.05, 4.69) is 71.6 Å². The van der Waals surface area contributed by atoms with E-state index in [0.717, 1.165) is 38.4 Å². The molecule has 1 fully saturated rings. The van der Waals surface area contributed by atoms with Crippen LogP contribution in [-0.4, -0.2) is 24.6 Å². The molecule has 1 aliphatic rings. The molecule has 21 heavy (non-hydrogen) atoms. The predicted molar refractivity (Wildman–Crippen MR) is 85.9 cm³/mol. The van der Waals surface area contributed by atoms with E-state index in [1.54, 1.807) is 0 Å². The Hall–Kier alpha value is -2.06. The van der Waals surface area contributed by atoms with Crippen molar-refractivity contribution in [2.45, 2.75) is 13.0 Å². The van der Waals surface area contributed by atoms with Gasteiger partial charge in [-0.05, 0) is 23.6 Å². The van der Waals surface area contributed by atoms with Crippen molar-refractivity contribution in [2.75, 3.05) is 19.7 Å². The highest BCUT2D eigenvalue weighted by atomic mass is 16.5. The van der Waals surface area contributed by atoms with Crippen LogP contribution in [0.3, 0.4) is 0 Å². The van der Waals surface area contributed by atoms with Crippen molar-refractivity contribution in [2.24, 2.45) is 0 Å². The molecule has 1 aliphatic heterocycles. The van der Waals surface area contributed by atoms with Crippen LogP contribution in [0.2, 0.25) is 0 Å². The first-order chi connectivity index (χ1) is 10.4. The SMILES string of the molecule is C(/Cc1ccccc1)=C1/CN(Cc2ccccc2)CCO1. The Morgan fingerprint density at radius 1 is 0.905 bits per heavy atom. The summed E-state index contributed by atoms with van der Waals surface area (Å²) in [6.45, 7) is 3.68. The van der Waals surface area contributed by atoms with Gasteiger partial charge in [0.15, 0.2) is 0 Å². The van der Waals surface area contributed by atoms with E-state index in [-0.39, 0.29) is 0 Å². The van der Waals surface area contributed by atoms with Gasteiger partial charge in [0.25, 0.3) is 0 Å². The van der Waals surface area contributed by atoms with E-state index in [1.165, 1.54) is 11.1 Å². The Bertz CT molecular complexity index is 577. The molecule has 0 aliphatic carbocycles. The second-order valence-corrected chi connectivity index (χ2v) is 5.40. The molecule has 2 aromatic rings. The first-order valence-electron chi connectivity index (χ1n) is 7.52. The van der Waals surface area contributed by atoms with E-state index in [4.69, 9.17) is 4.74 Å². The van der Waals surface area contributed by atoms with Crippen LogP contribution < -0.4 is 0 Å². The molecule has 0 atom stereocenters. The smallest absolute Gasteiger partial charge is 0.106 e. The van der Waals surface area contributed by atoms with E-state index >= 15 is 0 Å². The van der Waals surface area contributed by atoms with Crippen LogP contribution in [0, 0.1) is 0 Å². The molecular formula is C19H21NO. The quantitative estimate of drug-likeness (QED) is 0.847. The lowest BCUT2D eigenvalue weighted by Crippen LogP contribution is -2.34. The third kappa shape index (κ3) is 4.20. The maximum atomic E-state index is 5.79. The normalized spacial score (nSPS) is 17.6. The topological polar surface area (TPSA) is 12.5 Å². The minimum Gasteiger partial charge on any atom is -0.496 e. The van der Waals surface area contributed by atoms with Crippen LogP contribution in [0.4, 0.5) is 0 Å². The van der Waals surface area contributed by atoms with Gasteiger partial charge >= 0.3 is 0 Å². The summed E-state index contributed by atoms with van der Waals surface area (Å²) >= 11 is 0. The van der Waals surface area contributed by atoms with Gasteiger partial charge in [-0.25, -0.2) is 0 Å². The zero-order valence-electron chi connectivity index (χ0n) is 12.2. The molecule has 0 bridgehead atoms. The fraction of sp³-hybridized carbons (Fsp3) is 0.263. The lowest BCUT2D eigenvalue weighted by atomic mass is 10.1. The molecule has 2 nitrogen and oxygen atoms in total. The summed E-state index contributed by atoms with van der Waals surface area (Å²) in [5.74, 6) is 1.10. The monoisotopic (exact) mass is 279 g/mol. The first-order valence-corrected chi connectivity index (χ1v) is 7.52. The molecule has 2 heteroatoms. The summed E-state index contributed by atoms with van der Waals surface area (Å²) < 4.78 is 5.79. The largest absolute Gasteiger partial charge is 0.496 e. The maximum absolute atomic E-state index is 5.79. The van der Waals surface area contributed by atoms with Gasteiger partial charge in [-0.1, -0.05) is 60.7 Å². The number of rotatable bonds is 4. The van der Waals surface area contributed by atoms with Gasteiger partial charge in [-0.15, -0.1) is 0 Å². The second-order valence-electron chi connectivity index (χ2n) is 5.40. The third-order valence-corrected chi connectivity index (χ3v) is 3.73. The highest BCUT2D eigenvalue weighted by Crippen LogP contribution is 2.13. The zero-order valence-corrected chi connectivity index (χ0v) is 12.2. The number of hydrogen-bond acceptors (Lipinski definition) is 2. The molecule has 0 amide bonds. The summed E-state index contributed by atoms with van der Waals surface area (Å²) in [4.78, 5) is 2.44. The fourth-order valence-corrected chi connectivity index (χ4v) is 2.60. The van der Waals surface area contributed by atoms with Crippen LogP contribution in [0.1, 0.15) is 11.1 Å². The molecule has 2 aromatic carbocycles. The third-order valence-electron chi connectivity index (χ3n) is 3.73. The molecule has 108 valence electrons. The van der Waals surface area contributed by atoms with E-state index in [1.807, 2.05) is 0 Å². The van der Waals surface area contributed by atoms with E-state index < -0.39 is 0 Å². The van der Waals surface area contributed by atoms with Gasteiger partial charge in [0.05, 0.1) is 6.54 Å². The Morgan fingerprint density at radius 3 is 2.29 bits per heavy atom. The van der Waals surface area contributed by atoms with Crippen LogP contribution in [-0.2, 0) is 17.7 Å². The van der Waals surface area contributed by atoms with Crippen molar-refractivity contribution in [3.05, 3.63) is 83.6 Å². The van der Waals surface area contributed by atoms with Crippen molar-refractivity contribution in [3.63, 3.8) is 0 Å². The number of benzene rings is 2. The molecule has 0 radical (unpaired) electrons. The lowest BCUT2D eigenvalue weighted by Gasteiger charge is -2.29. The molecular weight excluding hydrogens is 258 g/mol. The average Bonchev–Trinajstić information content (AvgIpc) is 2.55. The van der Waals surface area contributed by atoms with E-state index in [9.17, 15) is 0 Å². The van der Waals surface area contributed by atoms with Crippen LogP contribution >= 0.6 is 0 Å². The minimum atomic E-state index is 0.785. The Kier molecular flexibility index (Phi) is 4.70. The fourth-order valence-electron chi connectivity index (χ4n) is 2.60. The van der Waals surface area contributed by atoms with E-state index in [0.29, 0.717) is 0 Å². The summed E-state index contributed by atoms with van der Waals surface area (Å²) in [6, 6.07) is 21.1. The minimum absolute atomic E-state index is 0.785. The number of ether oxygens (including phenoxy) is 1. The Morgan fingerprint density at radius 2 is 1.57 bits per heavy atom. The second kappa shape index (κ2) is 7.09. The van der Waals surface area contributed by atoms with Crippen LogP contribution in [0.25, 0.3) is 0 Å². The van der Waals surface area contributed by atoms with Crippen LogP contribution in [0.5, 0.6) is 0 Å². The van der Waals surface area contributed by atoms with Crippen molar-refractivity contribution < 1.29 is 4.74 Å². The van der Waals surface area contributed by atoms with Crippen molar-refractivity contribution in [1.29, 1.82) is 0 Å². The predicted octanol–water partition coefficient (Wildman–Crippen LogP) is 3.65. The number of allylic oxidation sites excluding steroid dienone is 1. The summed E-state index contributed by atoms with van der Waals surface area (Å²) in [6.07, 6.45) is 3.15. The van der Waals surface area contributed by atoms with Gasteiger partial charge in [0.1, 0.15) is 12.4 Å². The van der Waals surface area contributed by atoms with Gasteiger partial charge in [0.2, 0.25) is 0 Å². The van der Waals surface area contributed by atoms with Gasteiger partial charge < -0.3 is 4.74 Å². The van der Waals surface area contributed by atoms with Crippen LogP contribution in [0.15, 0.2) is 72.5 Å². The molecule has 0 unspecified atom stereocenters. The molecule has 0 N–H and O–H groups in total. The molecule has 0 saturated carbocycles. The summed E-state index contributed by atoms with van der Waals surface area (Å²) in [5.41, 5.74) is 2.69. The molecule has 1 heterocycles. The standard InChI is InChI=1S/C19H21NO/c1-3-7-17(8-4-1)11-12-19-16-20(13-14-21-19)15-18-9-5-2-6-10-18/h1-10,12H,11,13-16H2/b19-12+. The average molecular weight is 279 g/mol. The first kappa shape index (κ1) is 13.9. The highest BCUT2D eigenvalue weighted by Gasteiger charge is 2.15. The molecule has 3 rings (SSSR count). The van der Waals surface area contributed by atoms with Gasteiger partial charge in [-0.3, -0.25) is 4.90 Å². The van der Waals surface area contributed by atoms with Crippen molar-refractivity contribution in [3.8, 4) is 0 Å². The van der Waals surface area contributed by atoms with Gasteiger partial charge in [-0.2, -0.15) is 0 Å². The molecule has 1 saturated heterocycles. The summed E-state index contributed by atoms with van der Waals surface area (Å²) in [5, 5.41) is 0. The summed E-state index contributed by atoms with van der Waals surface area (Å²) in [7, 11) is 0. The van der Waals surface area contributed by atoms with Crippen molar-refractivity contribution >= 4 is 0 Å². The number of nitrogens with zero attached hydrogens (tertiary/aromatic N) is 1. The Balaban J connectivity index is 1.58. The zero-order chi connectivity index (χ0) is 14.3. The lowest BCUT2D eigenvalue weighted by molar-refractivity contribution is 0.0889. The Labute approximate surface area is 126 Å².